The van der Waals surface area contributed by atoms with E-state index in [4.69, 9.17) is 4.74 Å². The predicted molar refractivity (Wildman–Crippen MR) is 97.4 cm³/mol. The summed E-state index contributed by atoms with van der Waals surface area (Å²) in [6.45, 7) is 3.83. The molecule has 0 spiro atoms. The van der Waals surface area contributed by atoms with Crippen molar-refractivity contribution in [2.45, 2.75) is 19.8 Å². The number of hydrogen-bond acceptors (Lipinski definition) is 3. The molecule has 1 N–H and O–H groups in total. The molecule has 2 amide bonds. The lowest BCUT2D eigenvalue weighted by molar-refractivity contribution is -0.137. The van der Waals surface area contributed by atoms with Gasteiger partial charge in [-0.25, -0.2) is 0 Å². The molecule has 1 aliphatic rings. The molecule has 0 aromatic heterocycles. The summed E-state index contributed by atoms with van der Waals surface area (Å²) in [5.41, 5.74) is 0. The fraction of sp³-hybridized carbons (Fsp3) is 0.400. The number of ether oxygens (including phenoxy) is 1. The summed E-state index contributed by atoms with van der Waals surface area (Å²) in [7, 11) is 0. The first-order chi connectivity index (χ1) is 12.2. The third-order valence-corrected chi connectivity index (χ3v) is 4.65. The summed E-state index contributed by atoms with van der Waals surface area (Å²) in [5.74, 6) is 0.791. The van der Waals surface area contributed by atoms with E-state index in [2.05, 4.69) is 5.32 Å². The summed E-state index contributed by atoms with van der Waals surface area (Å²) in [5, 5.41) is 5.09. The fourth-order valence-electron chi connectivity index (χ4n) is 3.20. The van der Waals surface area contributed by atoms with Crippen molar-refractivity contribution in [1.29, 1.82) is 0 Å². The maximum atomic E-state index is 12.3. The highest BCUT2D eigenvalue weighted by Gasteiger charge is 2.27. The van der Waals surface area contributed by atoms with Crippen LogP contribution in [0.5, 0.6) is 5.75 Å². The average Bonchev–Trinajstić information content (AvgIpc) is 2.66. The highest BCUT2D eigenvalue weighted by molar-refractivity contribution is 5.84. The molecule has 3 rings (SSSR count). The monoisotopic (exact) mass is 340 g/mol. The predicted octanol–water partition coefficient (Wildman–Crippen LogP) is 2.59. The highest BCUT2D eigenvalue weighted by atomic mass is 16.5. The minimum atomic E-state index is -0.0255. The lowest BCUT2D eigenvalue weighted by atomic mass is 9.96. The summed E-state index contributed by atoms with van der Waals surface area (Å²) in [6, 6.07) is 13.9. The molecule has 0 radical (unpaired) electrons. The van der Waals surface area contributed by atoms with Crippen molar-refractivity contribution in [2.24, 2.45) is 5.92 Å². The molecule has 0 aliphatic carbocycles. The van der Waals surface area contributed by atoms with Crippen LogP contribution in [0.1, 0.15) is 19.8 Å². The third kappa shape index (κ3) is 4.29. The topological polar surface area (TPSA) is 58.6 Å². The van der Waals surface area contributed by atoms with Crippen molar-refractivity contribution in [3.63, 3.8) is 0 Å². The highest BCUT2D eigenvalue weighted by Crippen LogP contribution is 2.21. The minimum absolute atomic E-state index is 0.0189. The van der Waals surface area contributed by atoms with Gasteiger partial charge in [-0.15, -0.1) is 0 Å². The molecule has 2 aromatic carbocycles. The van der Waals surface area contributed by atoms with Crippen molar-refractivity contribution in [3.05, 3.63) is 42.5 Å². The largest absolute Gasteiger partial charge is 0.484 e. The van der Waals surface area contributed by atoms with Crippen molar-refractivity contribution in [1.82, 2.24) is 10.2 Å². The SMILES string of the molecule is CCNC(=O)C1CCN(C(=O)COc2ccc3ccccc3c2)CC1. The van der Waals surface area contributed by atoms with Gasteiger partial charge in [-0.05, 0) is 42.7 Å². The normalized spacial score (nSPS) is 15.2. The molecule has 0 saturated carbocycles. The molecule has 132 valence electrons. The number of nitrogens with zero attached hydrogens (tertiary/aromatic N) is 1. The summed E-state index contributed by atoms with van der Waals surface area (Å²) in [4.78, 5) is 26.0. The molecular weight excluding hydrogens is 316 g/mol. The van der Waals surface area contributed by atoms with Gasteiger partial charge in [-0.2, -0.15) is 0 Å². The number of carbonyl (C=O) groups is 2. The molecule has 0 unspecified atom stereocenters. The van der Waals surface area contributed by atoms with Gasteiger partial charge >= 0.3 is 0 Å². The molecule has 1 heterocycles. The summed E-state index contributed by atoms with van der Waals surface area (Å²) >= 11 is 0. The third-order valence-electron chi connectivity index (χ3n) is 4.65. The molecule has 1 aliphatic heterocycles. The molecule has 25 heavy (non-hydrogen) atoms. The van der Waals surface area contributed by atoms with E-state index in [1.165, 1.54) is 0 Å². The Balaban J connectivity index is 1.50. The van der Waals surface area contributed by atoms with Crippen LogP contribution in [0.15, 0.2) is 42.5 Å². The number of hydrogen-bond donors (Lipinski definition) is 1. The smallest absolute Gasteiger partial charge is 0.260 e. The Labute approximate surface area is 148 Å². The van der Waals surface area contributed by atoms with E-state index in [1.54, 1.807) is 4.90 Å². The zero-order chi connectivity index (χ0) is 17.6. The van der Waals surface area contributed by atoms with Crippen LogP contribution in [0, 0.1) is 5.92 Å². The number of nitrogens with one attached hydrogen (secondary N) is 1. The van der Waals surface area contributed by atoms with Gasteiger partial charge in [-0.3, -0.25) is 9.59 Å². The lowest BCUT2D eigenvalue weighted by Gasteiger charge is -2.31. The Morgan fingerprint density at radius 1 is 1.12 bits per heavy atom. The van der Waals surface area contributed by atoms with E-state index in [9.17, 15) is 9.59 Å². The molecule has 5 nitrogen and oxygen atoms in total. The van der Waals surface area contributed by atoms with Gasteiger partial charge in [-0.1, -0.05) is 30.3 Å². The van der Waals surface area contributed by atoms with Crippen molar-refractivity contribution < 1.29 is 14.3 Å². The number of benzene rings is 2. The van der Waals surface area contributed by atoms with Gasteiger partial charge in [0.05, 0.1) is 0 Å². The second-order valence-corrected chi connectivity index (χ2v) is 6.35. The maximum absolute atomic E-state index is 12.3. The van der Waals surface area contributed by atoms with Crippen LogP contribution in [0.2, 0.25) is 0 Å². The second-order valence-electron chi connectivity index (χ2n) is 6.35. The number of carbonyl (C=O) groups excluding carboxylic acids is 2. The zero-order valence-corrected chi connectivity index (χ0v) is 14.5. The van der Waals surface area contributed by atoms with Crippen LogP contribution in [0.25, 0.3) is 10.8 Å². The standard InChI is InChI=1S/C20H24N2O3/c1-2-21-20(24)16-9-11-22(12-10-16)19(23)14-25-18-8-7-15-5-3-4-6-17(15)13-18/h3-8,13,16H,2,9-12,14H2,1H3,(H,21,24). The Bertz CT molecular complexity index is 751. The van der Waals surface area contributed by atoms with Crippen LogP contribution in [-0.4, -0.2) is 43.0 Å². The molecule has 0 bridgehead atoms. The lowest BCUT2D eigenvalue weighted by Crippen LogP contribution is -2.44. The Hall–Kier alpha value is -2.56. The number of amides is 2. The van der Waals surface area contributed by atoms with E-state index in [0.29, 0.717) is 38.2 Å². The fourth-order valence-corrected chi connectivity index (χ4v) is 3.20. The number of fused-ring (bicyclic) bond motifs is 1. The first-order valence-corrected chi connectivity index (χ1v) is 8.84. The summed E-state index contributed by atoms with van der Waals surface area (Å²) in [6.07, 6.45) is 1.43. The van der Waals surface area contributed by atoms with Gasteiger partial charge < -0.3 is 15.0 Å². The average molecular weight is 340 g/mol. The van der Waals surface area contributed by atoms with E-state index >= 15 is 0 Å². The Morgan fingerprint density at radius 3 is 2.56 bits per heavy atom. The first-order valence-electron chi connectivity index (χ1n) is 8.84. The van der Waals surface area contributed by atoms with Crippen molar-refractivity contribution >= 4 is 22.6 Å². The molecular formula is C20H24N2O3. The molecule has 0 atom stereocenters. The van der Waals surface area contributed by atoms with Crippen LogP contribution >= 0.6 is 0 Å². The van der Waals surface area contributed by atoms with Crippen LogP contribution in [0.3, 0.4) is 0 Å². The first kappa shape index (κ1) is 17.3. The van der Waals surface area contributed by atoms with Gasteiger partial charge in [0.2, 0.25) is 5.91 Å². The van der Waals surface area contributed by atoms with Crippen molar-refractivity contribution in [2.75, 3.05) is 26.2 Å². The Morgan fingerprint density at radius 2 is 1.84 bits per heavy atom. The van der Waals surface area contributed by atoms with Gasteiger partial charge in [0, 0.05) is 25.6 Å². The second kappa shape index (κ2) is 8.01. The molecule has 2 aromatic rings. The number of piperidine rings is 1. The molecule has 1 fully saturated rings. The minimum Gasteiger partial charge on any atom is -0.484 e. The van der Waals surface area contributed by atoms with Gasteiger partial charge in [0.25, 0.3) is 5.91 Å². The van der Waals surface area contributed by atoms with Crippen molar-refractivity contribution in [3.8, 4) is 5.75 Å². The van der Waals surface area contributed by atoms with Gasteiger partial charge in [0.15, 0.2) is 6.61 Å². The zero-order valence-electron chi connectivity index (χ0n) is 14.5. The summed E-state index contributed by atoms with van der Waals surface area (Å²) < 4.78 is 5.67. The molecule has 5 heteroatoms. The van der Waals surface area contributed by atoms with Crippen LogP contribution in [0.4, 0.5) is 0 Å². The van der Waals surface area contributed by atoms with Crippen LogP contribution in [-0.2, 0) is 9.59 Å². The Kier molecular flexibility index (Phi) is 5.53. The van der Waals surface area contributed by atoms with E-state index in [-0.39, 0.29) is 24.3 Å². The number of rotatable bonds is 5. The van der Waals surface area contributed by atoms with Gasteiger partial charge in [0.1, 0.15) is 5.75 Å². The quantitative estimate of drug-likeness (QED) is 0.910. The van der Waals surface area contributed by atoms with E-state index in [1.807, 2.05) is 49.4 Å². The van der Waals surface area contributed by atoms with Crippen LogP contribution < -0.4 is 10.1 Å². The maximum Gasteiger partial charge on any atom is 0.260 e. The molecule has 1 saturated heterocycles. The van der Waals surface area contributed by atoms with E-state index in [0.717, 1.165) is 10.8 Å². The van der Waals surface area contributed by atoms with E-state index < -0.39 is 0 Å². The number of likely N-dealkylation sites (tertiary alicyclic amines) is 1.